The molecular formula is C12H19NO. The molecule has 1 aromatic carbocycles. The largest absolute Gasteiger partial charge is 0.399 e. The van der Waals surface area contributed by atoms with Crippen LogP contribution in [0.1, 0.15) is 37.7 Å². The third kappa shape index (κ3) is 3.38. The molecule has 0 spiro atoms. The van der Waals surface area contributed by atoms with Gasteiger partial charge in [0.05, 0.1) is 0 Å². The lowest BCUT2D eigenvalue weighted by Crippen LogP contribution is -1.95. The SMILES string of the molecule is CC(CCCCO)c1ccc(N)cc1. The van der Waals surface area contributed by atoms with Crippen molar-refractivity contribution in [1.29, 1.82) is 0 Å². The second-order valence-corrected chi connectivity index (χ2v) is 3.79. The van der Waals surface area contributed by atoms with Crippen molar-refractivity contribution in [3.05, 3.63) is 29.8 Å². The maximum absolute atomic E-state index is 8.67. The van der Waals surface area contributed by atoms with Gasteiger partial charge < -0.3 is 10.8 Å². The number of hydrogen-bond donors (Lipinski definition) is 2. The first-order valence-corrected chi connectivity index (χ1v) is 5.20. The molecule has 2 nitrogen and oxygen atoms in total. The number of aliphatic hydroxyl groups excluding tert-OH is 1. The molecule has 0 aliphatic carbocycles. The molecule has 1 atom stereocenters. The van der Waals surface area contributed by atoms with Crippen LogP contribution in [0.5, 0.6) is 0 Å². The minimum atomic E-state index is 0.300. The molecule has 14 heavy (non-hydrogen) atoms. The second kappa shape index (κ2) is 5.66. The molecule has 1 unspecified atom stereocenters. The van der Waals surface area contributed by atoms with Gasteiger partial charge in [0.15, 0.2) is 0 Å². The Morgan fingerprint density at radius 2 is 1.86 bits per heavy atom. The third-order valence-corrected chi connectivity index (χ3v) is 2.55. The molecular weight excluding hydrogens is 174 g/mol. The minimum Gasteiger partial charge on any atom is -0.399 e. The van der Waals surface area contributed by atoms with Crippen LogP contribution in [0.15, 0.2) is 24.3 Å². The Labute approximate surface area is 85.8 Å². The number of aliphatic hydroxyl groups is 1. The van der Waals surface area contributed by atoms with Crippen molar-refractivity contribution >= 4 is 5.69 Å². The van der Waals surface area contributed by atoms with Gasteiger partial charge in [-0.25, -0.2) is 0 Å². The van der Waals surface area contributed by atoms with E-state index in [1.807, 2.05) is 12.1 Å². The van der Waals surface area contributed by atoms with E-state index < -0.39 is 0 Å². The second-order valence-electron chi connectivity index (χ2n) is 3.79. The lowest BCUT2D eigenvalue weighted by molar-refractivity contribution is 0.281. The van der Waals surface area contributed by atoms with Gasteiger partial charge in [-0.2, -0.15) is 0 Å². The first kappa shape index (κ1) is 11.1. The van der Waals surface area contributed by atoms with E-state index in [4.69, 9.17) is 10.8 Å². The highest BCUT2D eigenvalue weighted by atomic mass is 16.2. The van der Waals surface area contributed by atoms with Gasteiger partial charge >= 0.3 is 0 Å². The molecule has 0 aromatic heterocycles. The number of nitrogens with two attached hydrogens (primary N) is 1. The summed E-state index contributed by atoms with van der Waals surface area (Å²) >= 11 is 0. The van der Waals surface area contributed by atoms with E-state index in [1.165, 1.54) is 5.56 Å². The van der Waals surface area contributed by atoms with Gasteiger partial charge in [-0.05, 0) is 36.5 Å². The zero-order valence-electron chi connectivity index (χ0n) is 8.74. The van der Waals surface area contributed by atoms with E-state index in [-0.39, 0.29) is 0 Å². The van der Waals surface area contributed by atoms with Crippen LogP contribution < -0.4 is 5.73 Å². The molecule has 0 saturated carbocycles. The Balaban J connectivity index is 2.43. The smallest absolute Gasteiger partial charge is 0.0431 e. The quantitative estimate of drug-likeness (QED) is 0.557. The van der Waals surface area contributed by atoms with Crippen LogP contribution in [0.4, 0.5) is 5.69 Å². The normalized spacial score (nSPS) is 12.7. The van der Waals surface area contributed by atoms with Gasteiger partial charge in [-0.15, -0.1) is 0 Å². The number of benzene rings is 1. The molecule has 0 fully saturated rings. The lowest BCUT2D eigenvalue weighted by atomic mass is 9.95. The van der Waals surface area contributed by atoms with Gasteiger partial charge in [-0.1, -0.05) is 25.5 Å². The van der Waals surface area contributed by atoms with Gasteiger partial charge in [0.25, 0.3) is 0 Å². The lowest BCUT2D eigenvalue weighted by Gasteiger charge is -2.11. The number of nitrogen functional groups attached to an aromatic ring is 1. The average Bonchev–Trinajstić information content (AvgIpc) is 2.19. The van der Waals surface area contributed by atoms with Crippen molar-refractivity contribution < 1.29 is 5.11 Å². The number of hydrogen-bond acceptors (Lipinski definition) is 2. The average molecular weight is 193 g/mol. The summed E-state index contributed by atoms with van der Waals surface area (Å²) in [6.07, 6.45) is 3.12. The van der Waals surface area contributed by atoms with E-state index in [0.29, 0.717) is 12.5 Å². The molecule has 0 heterocycles. The van der Waals surface area contributed by atoms with Crippen molar-refractivity contribution in [3.63, 3.8) is 0 Å². The Bertz CT molecular complexity index is 256. The first-order valence-electron chi connectivity index (χ1n) is 5.20. The number of unbranched alkanes of at least 4 members (excludes halogenated alkanes) is 1. The van der Waals surface area contributed by atoms with Gasteiger partial charge in [0.2, 0.25) is 0 Å². The standard InChI is InChI=1S/C12H19NO/c1-10(4-2-3-9-14)11-5-7-12(13)8-6-11/h5-8,10,14H,2-4,9,13H2,1H3. The Morgan fingerprint density at radius 1 is 1.21 bits per heavy atom. The predicted molar refractivity (Wildman–Crippen MR) is 60.2 cm³/mol. The van der Waals surface area contributed by atoms with Crippen LogP contribution >= 0.6 is 0 Å². The Morgan fingerprint density at radius 3 is 2.43 bits per heavy atom. The van der Waals surface area contributed by atoms with Crippen LogP contribution in [-0.4, -0.2) is 11.7 Å². The van der Waals surface area contributed by atoms with Crippen molar-refractivity contribution in [2.24, 2.45) is 0 Å². The number of anilines is 1. The maximum Gasteiger partial charge on any atom is 0.0431 e. The summed E-state index contributed by atoms with van der Waals surface area (Å²) in [7, 11) is 0. The minimum absolute atomic E-state index is 0.300. The molecule has 3 N–H and O–H groups in total. The summed E-state index contributed by atoms with van der Waals surface area (Å²) < 4.78 is 0. The van der Waals surface area contributed by atoms with Crippen LogP contribution in [0, 0.1) is 0 Å². The van der Waals surface area contributed by atoms with Gasteiger partial charge in [-0.3, -0.25) is 0 Å². The van der Waals surface area contributed by atoms with Crippen molar-refractivity contribution in [1.82, 2.24) is 0 Å². The molecule has 1 rings (SSSR count). The third-order valence-electron chi connectivity index (χ3n) is 2.55. The molecule has 2 heteroatoms. The van der Waals surface area contributed by atoms with E-state index >= 15 is 0 Å². The number of rotatable bonds is 5. The Kier molecular flexibility index (Phi) is 4.47. The summed E-state index contributed by atoms with van der Waals surface area (Å²) in [6.45, 7) is 2.51. The zero-order chi connectivity index (χ0) is 10.4. The van der Waals surface area contributed by atoms with Crippen LogP contribution in [-0.2, 0) is 0 Å². The fraction of sp³-hybridized carbons (Fsp3) is 0.500. The van der Waals surface area contributed by atoms with Crippen LogP contribution in [0.25, 0.3) is 0 Å². The van der Waals surface area contributed by atoms with Crippen molar-refractivity contribution in [2.75, 3.05) is 12.3 Å². The molecule has 0 saturated heterocycles. The molecule has 78 valence electrons. The van der Waals surface area contributed by atoms with Crippen molar-refractivity contribution in [3.8, 4) is 0 Å². The van der Waals surface area contributed by atoms with Gasteiger partial charge in [0.1, 0.15) is 0 Å². The molecule has 0 amide bonds. The summed E-state index contributed by atoms with van der Waals surface area (Å²) in [5.74, 6) is 0.558. The van der Waals surface area contributed by atoms with Crippen LogP contribution in [0.2, 0.25) is 0 Å². The summed E-state index contributed by atoms with van der Waals surface area (Å²) in [6, 6.07) is 8.05. The highest BCUT2D eigenvalue weighted by molar-refractivity contribution is 5.40. The van der Waals surface area contributed by atoms with Gasteiger partial charge in [0, 0.05) is 12.3 Å². The molecule has 1 aromatic rings. The zero-order valence-corrected chi connectivity index (χ0v) is 8.74. The topological polar surface area (TPSA) is 46.2 Å². The Hall–Kier alpha value is -1.02. The fourth-order valence-electron chi connectivity index (χ4n) is 1.55. The first-order chi connectivity index (χ1) is 6.74. The summed E-state index contributed by atoms with van der Waals surface area (Å²) in [4.78, 5) is 0. The van der Waals surface area contributed by atoms with E-state index in [2.05, 4.69) is 19.1 Å². The molecule has 0 aliphatic heterocycles. The molecule has 0 radical (unpaired) electrons. The van der Waals surface area contributed by atoms with E-state index in [0.717, 1.165) is 24.9 Å². The van der Waals surface area contributed by atoms with E-state index in [9.17, 15) is 0 Å². The summed E-state index contributed by atoms with van der Waals surface area (Å²) in [5, 5.41) is 8.67. The molecule has 0 bridgehead atoms. The predicted octanol–water partition coefficient (Wildman–Crippen LogP) is 2.53. The van der Waals surface area contributed by atoms with Crippen LogP contribution in [0.3, 0.4) is 0 Å². The van der Waals surface area contributed by atoms with E-state index in [1.54, 1.807) is 0 Å². The molecule has 0 aliphatic rings. The highest BCUT2D eigenvalue weighted by Crippen LogP contribution is 2.21. The van der Waals surface area contributed by atoms with Crippen molar-refractivity contribution in [2.45, 2.75) is 32.1 Å². The maximum atomic E-state index is 8.67. The summed E-state index contributed by atoms with van der Waals surface area (Å²) in [5.41, 5.74) is 7.76. The fourth-order valence-corrected chi connectivity index (χ4v) is 1.55. The highest BCUT2D eigenvalue weighted by Gasteiger charge is 2.04. The monoisotopic (exact) mass is 193 g/mol.